The van der Waals surface area contributed by atoms with Crippen molar-refractivity contribution in [3.05, 3.63) is 65.1 Å². The first kappa shape index (κ1) is 21.1. The second-order valence-electron chi connectivity index (χ2n) is 7.22. The van der Waals surface area contributed by atoms with Crippen LogP contribution in [0.15, 0.2) is 36.4 Å². The molecule has 1 aromatic carbocycles. The Morgan fingerprint density at radius 2 is 1.78 bits per heavy atom. The lowest BCUT2D eigenvalue weighted by Crippen LogP contribution is -2.23. The molecule has 0 saturated carbocycles. The van der Waals surface area contributed by atoms with Crippen LogP contribution in [0.25, 0.3) is 11.5 Å². The number of fused-ring (bicyclic) bond motifs is 1. The van der Waals surface area contributed by atoms with E-state index < -0.39 is 18.5 Å². The number of rotatable bonds is 6. The summed E-state index contributed by atoms with van der Waals surface area (Å²) >= 11 is 0. The zero-order chi connectivity index (χ0) is 22.8. The number of ether oxygens (including phenoxy) is 1. The lowest BCUT2D eigenvalue weighted by molar-refractivity contribution is -0.146. The summed E-state index contributed by atoms with van der Waals surface area (Å²) in [4.78, 5) is 33.0. The highest BCUT2D eigenvalue weighted by molar-refractivity contribution is 5.92. The fourth-order valence-corrected chi connectivity index (χ4v) is 3.16. The van der Waals surface area contributed by atoms with Gasteiger partial charge in [-0.05, 0) is 51.1 Å². The Morgan fingerprint density at radius 3 is 2.53 bits per heavy atom. The van der Waals surface area contributed by atoms with E-state index in [4.69, 9.17) is 4.74 Å². The summed E-state index contributed by atoms with van der Waals surface area (Å²) in [5.74, 6) is -0.550. The normalized spacial score (nSPS) is 11.0. The van der Waals surface area contributed by atoms with Gasteiger partial charge in [0.1, 0.15) is 18.1 Å². The first-order chi connectivity index (χ1) is 15.3. The van der Waals surface area contributed by atoms with E-state index in [1.165, 1.54) is 28.9 Å². The third-order valence-electron chi connectivity index (χ3n) is 4.50. The molecule has 0 bridgehead atoms. The van der Waals surface area contributed by atoms with E-state index in [0.717, 1.165) is 11.4 Å². The number of hydrogen-bond acceptors (Lipinski definition) is 7. The molecular weight excluding hydrogens is 417 g/mol. The van der Waals surface area contributed by atoms with Crippen LogP contribution in [-0.4, -0.2) is 47.8 Å². The largest absolute Gasteiger partial charge is 0.455 e. The molecule has 0 aliphatic carbocycles. The van der Waals surface area contributed by atoms with Gasteiger partial charge in [0, 0.05) is 17.5 Å². The molecule has 0 atom stereocenters. The number of halogens is 1. The molecular formula is C21H20FN7O3. The Labute approximate surface area is 182 Å². The minimum absolute atomic E-state index is 0.193. The molecule has 3 aromatic heterocycles. The van der Waals surface area contributed by atoms with Crippen molar-refractivity contribution < 1.29 is 18.7 Å². The molecule has 10 nitrogen and oxygen atoms in total. The third-order valence-corrected chi connectivity index (χ3v) is 4.50. The van der Waals surface area contributed by atoms with Gasteiger partial charge in [0.15, 0.2) is 12.4 Å². The molecule has 3 heterocycles. The van der Waals surface area contributed by atoms with E-state index in [1.54, 1.807) is 17.5 Å². The number of carbonyl (C=O) groups excluding carboxylic acids is 2. The van der Waals surface area contributed by atoms with Crippen molar-refractivity contribution in [1.29, 1.82) is 0 Å². The van der Waals surface area contributed by atoms with Crippen molar-refractivity contribution in [1.82, 2.24) is 29.4 Å². The average molecular weight is 437 g/mol. The number of esters is 1. The maximum atomic E-state index is 13.2. The zero-order valence-electron chi connectivity index (χ0n) is 17.7. The molecule has 164 valence electrons. The summed E-state index contributed by atoms with van der Waals surface area (Å²) in [5, 5.41) is 11.2. The van der Waals surface area contributed by atoms with Gasteiger partial charge in [0.05, 0.1) is 11.4 Å². The molecule has 1 N–H and O–H groups in total. The maximum absolute atomic E-state index is 13.2. The predicted molar refractivity (Wildman–Crippen MR) is 112 cm³/mol. The van der Waals surface area contributed by atoms with Crippen molar-refractivity contribution >= 4 is 23.5 Å². The molecule has 0 aliphatic rings. The molecule has 1 amide bonds. The highest BCUT2D eigenvalue weighted by Crippen LogP contribution is 2.17. The van der Waals surface area contributed by atoms with Crippen molar-refractivity contribution in [3.63, 3.8) is 0 Å². The number of aryl methyl sites for hydroxylation is 3. The highest BCUT2D eigenvalue weighted by Gasteiger charge is 2.16. The fraction of sp³-hybridized carbons (Fsp3) is 0.238. The van der Waals surface area contributed by atoms with Gasteiger partial charge in [0.2, 0.25) is 0 Å². The molecule has 4 aromatic rings. The predicted octanol–water partition coefficient (Wildman–Crippen LogP) is 2.10. The number of anilines is 1. The molecule has 0 radical (unpaired) electrons. The van der Waals surface area contributed by atoms with E-state index in [9.17, 15) is 14.0 Å². The van der Waals surface area contributed by atoms with E-state index in [-0.39, 0.29) is 18.1 Å². The van der Waals surface area contributed by atoms with Crippen LogP contribution in [-0.2, 0) is 20.7 Å². The second kappa shape index (κ2) is 8.53. The van der Waals surface area contributed by atoms with Crippen molar-refractivity contribution in [2.75, 3.05) is 11.9 Å². The molecule has 4 rings (SSSR count). The van der Waals surface area contributed by atoms with E-state index in [0.29, 0.717) is 23.0 Å². The lowest BCUT2D eigenvalue weighted by Gasteiger charge is -2.09. The number of aromatic nitrogens is 6. The summed E-state index contributed by atoms with van der Waals surface area (Å²) in [6, 6.07) is 9.18. The number of amides is 1. The monoisotopic (exact) mass is 437 g/mol. The molecule has 11 heteroatoms. The van der Waals surface area contributed by atoms with Crippen LogP contribution >= 0.6 is 0 Å². The van der Waals surface area contributed by atoms with Crippen molar-refractivity contribution in [2.24, 2.45) is 0 Å². The van der Waals surface area contributed by atoms with Gasteiger partial charge in [0.25, 0.3) is 11.7 Å². The Kier molecular flexibility index (Phi) is 5.63. The van der Waals surface area contributed by atoms with Gasteiger partial charge in [-0.1, -0.05) is 0 Å². The molecule has 0 unspecified atom stereocenters. The van der Waals surface area contributed by atoms with Crippen LogP contribution in [0.1, 0.15) is 22.9 Å². The third kappa shape index (κ3) is 4.61. The lowest BCUT2D eigenvalue weighted by atomic mass is 10.3. The molecule has 0 spiro atoms. The van der Waals surface area contributed by atoms with Gasteiger partial charge >= 0.3 is 5.97 Å². The van der Waals surface area contributed by atoms with E-state index >= 15 is 0 Å². The Balaban J connectivity index is 1.37. The van der Waals surface area contributed by atoms with Crippen LogP contribution in [0.5, 0.6) is 0 Å². The highest BCUT2D eigenvalue weighted by atomic mass is 19.1. The van der Waals surface area contributed by atoms with Crippen LogP contribution in [0, 0.1) is 26.6 Å². The SMILES string of the molecule is Cc1cc(C)n2nc(CC(=O)OCC(=O)Nc3cc(C)nn3-c3ccc(F)cc3)nc2n1. The number of nitrogens with zero attached hydrogens (tertiary/aromatic N) is 6. The molecule has 32 heavy (non-hydrogen) atoms. The van der Waals surface area contributed by atoms with Crippen molar-refractivity contribution in [2.45, 2.75) is 27.2 Å². The van der Waals surface area contributed by atoms with Crippen molar-refractivity contribution in [3.8, 4) is 5.69 Å². The van der Waals surface area contributed by atoms with Gasteiger partial charge < -0.3 is 10.1 Å². The summed E-state index contributed by atoms with van der Waals surface area (Å²) in [6.45, 7) is 4.98. The molecule has 0 fully saturated rings. The first-order valence-corrected chi connectivity index (χ1v) is 9.76. The number of hydrogen-bond donors (Lipinski definition) is 1. The fourth-order valence-electron chi connectivity index (χ4n) is 3.16. The Bertz CT molecular complexity index is 1310. The minimum atomic E-state index is -0.645. The first-order valence-electron chi connectivity index (χ1n) is 9.76. The van der Waals surface area contributed by atoms with Gasteiger partial charge in [-0.15, -0.1) is 5.10 Å². The van der Waals surface area contributed by atoms with E-state index in [1.807, 2.05) is 19.9 Å². The molecule has 0 aliphatic heterocycles. The zero-order valence-corrected chi connectivity index (χ0v) is 17.7. The molecule has 0 saturated heterocycles. The average Bonchev–Trinajstić information content (AvgIpc) is 3.30. The smallest absolute Gasteiger partial charge is 0.314 e. The quantitative estimate of drug-likeness (QED) is 0.459. The number of benzene rings is 1. The minimum Gasteiger partial charge on any atom is -0.455 e. The van der Waals surface area contributed by atoms with Crippen LogP contribution in [0.3, 0.4) is 0 Å². The van der Waals surface area contributed by atoms with Crippen LogP contribution in [0.2, 0.25) is 0 Å². The van der Waals surface area contributed by atoms with Gasteiger partial charge in [-0.3, -0.25) is 9.59 Å². The second-order valence-corrected chi connectivity index (χ2v) is 7.22. The standard InChI is InChI=1S/C21H20FN7O3/c1-12-8-14(3)28-21(23-12)24-17(27-28)10-20(31)32-11-19(30)25-18-9-13(2)26-29(18)16-6-4-15(22)5-7-16/h4-9H,10-11H2,1-3H3,(H,25,30). The Hall–Kier alpha value is -4.15. The summed E-state index contributed by atoms with van der Waals surface area (Å²) in [5.41, 5.74) is 2.86. The summed E-state index contributed by atoms with van der Waals surface area (Å²) in [6.07, 6.45) is -0.193. The van der Waals surface area contributed by atoms with Crippen LogP contribution < -0.4 is 5.32 Å². The summed E-state index contributed by atoms with van der Waals surface area (Å²) in [7, 11) is 0. The topological polar surface area (TPSA) is 116 Å². The Morgan fingerprint density at radius 1 is 1.03 bits per heavy atom. The van der Waals surface area contributed by atoms with Crippen LogP contribution in [0.4, 0.5) is 10.2 Å². The van der Waals surface area contributed by atoms with Gasteiger partial charge in [-0.2, -0.15) is 10.1 Å². The number of nitrogens with one attached hydrogen (secondary N) is 1. The maximum Gasteiger partial charge on any atom is 0.314 e. The number of carbonyl (C=O) groups is 2. The van der Waals surface area contributed by atoms with E-state index in [2.05, 4.69) is 25.5 Å². The summed E-state index contributed by atoms with van der Waals surface area (Å²) < 4.78 is 21.3. The van der Waals surface area contributed by atoms with Gasteiger partial charge in [-0.25, -0.2) is 18.6 Å².